The van der Waals surface area contributed by atoms with E-state index >= 15 is 0 Å². The van der Waals surface area contributed by atoms with E-state index in [-0.39, 0.29) is 11.8 Å². The topological polar surface area (TPSA) is 88.9 Å². The first-order chi connectivity index (χ1) is 14.5. The molecule has 1 aliphatic heterocycles. The van der Waals surface area contributed by atoms with Crippen LogP contribution >= 0.6 is 11.6 Å². The maximum Gasteiger partial charge on any atom is 0.224 e. The van der Waals surface area contributed by atoms with Gasteiger partial charge in [-0.2, -0.15) is 10.2 Å². The van der Waals surface area contributed by atoms with Crippen LogP contribution in [0.3, 0.4) is 0 Å². The third kappa shape index (κ3) is 4.81. The number of hydrogen-bond acceptors (Lipinski definition) is 5. The molecule has 0 saturated carbocycles. The number of H-pyrrole nitrogens is 1. The molecule has 1 aromatic carbocycles. The highest BCUT2D eigenvalue weighted by Gasteiger charge is 2.28. The number of rotatable bonds is 7. The fraction of sp³-hybridized carbons (Fsp3) is 0.429. The lowest BCUT2D eigenvalue weighted by molar-refractivity contribution is -0.130. The molecule has 1 N–H and O–H groups in total. The van der Waals surface area contributed by atoms with Crippen LogP contribution in [0.2, 0.25) is 5.02 Å². The maximum absolute atomic E-state index is 12.6. The predicted octanol–water partition coefficient (Wildman–Crippen LogP) is 3.26. The first kappa shape index (κ1) is 20.4. The fourth-order valence-corrected chi connectivity index (χ4v) is 3.84. The summed E-state index contributed by atoms with van der Waals surface area (Å²) >= 11 is 5.89. The number of halogens is 1. The van der Waals surface area contributed by atoms with Crippen LogP contribution in [0.25, 0.3) is 0 Å². The number of aromatic nitrogens is 5. The van der Waals surface area contributed by atoms with Crippen molar-refractivity contribution in [2.24, 2.45) is 0 Å². The molecule has 1 amide bonds. The van der Waals surface area contributed by atoms with Crippen LogP contribution in [0.1, 0.15) is 41.8 Å². The number of likely N-dealkylation sites (tertiary alicyclic amines) is 1. The number of aryl methyl sites for hydroxylation is 3. The normalized spacial score (nSPS) is 16.2. The van der Waals surface area contributed by atoms with E-state index in [1.807, 2.05) is 36.9 Å². The Bertz CT molecular complexity index is 1010. The summed E-state index contributed by atoms with van der Waals surface area (Å²) < 4.78 is 7.55. The molecule has 1 saturated heterocycles. The van der Waals surface area contributed by atoms with Gasteiger partial charge < -0.3 is 9.64 Å². The summed E-state index contributed by atoms with van der Waals surface area (Å²) in [5.41, 5.74) is 1.88. The van der Waals surface area contributed by atoms with Gasteiger partial charge in [-0.05, 0) is 50.6 Å². The molecule has 158 valence electrons. The van der Waals surface area contributed by atoms with Gasteiger partial charge in [-0.25, -0.2) is 9.67 Å². The Kier molecular flexibility index (Phi) is 6.03. The Morgan fingerprint density at radius 2 is 2.10 bits per heavy atom. The summed E-state index contributed by atoms with van der Waals surface area (Å²) in [7, 11) is 0. The van der Waals surface area contributed by atoms with E-state index in [0.29, 0.717) is 31.1 Å². The van der Waals surface area contributed by atoms with Gasteiger partial charge in [-0.15, -0.1) is 0 Å². The molecule has 0 bridgehead atoms. The molecule has 4 rings (SSSR count). The highest BCUT2D eigenvalue weighted by molar-refractivity contribution is 6.30. The van der Waals surface area contributed by atoms with E-state index in [1.54, 1.807) is 16.8 Å². The van der Waals surface area contributed by atoms with Crippen LogP contribution in [0, 0.1) is 13.8 Å². The molecule has 9 heteroatoms. The summed E-state index contributed by atoms with van der Waals surface area (Å²) in [5.74, 6) is 2.71. The number of nitrogens with one attached hydrogen (secondary N) is 1. The first-order valence-corrected chi connectivity index (χ1v) is 10.4. The summed E-state index contributed by atoms with van der Waals surface area (Å²) in [6.45, 7) is 6.16. The average Bonchev–Trinajstić information content (AvgIpc) is 3.45. The van der Waals surface area contributed by atoms with E-state index in [0.717, 1.165) is 41.8 Å². The summed E-state index contributed by atoms with van der Waals surface area (Å²) in [4.78, 5) is 18.8. The number of nitrogens with zero attached hydrogens (tertiary/aromatic N) is 5. The number of amides is 1. The molecular weight excluding hydrogens is 404 g/mol. The quantitative estimate of drug-likeness (QED) is 0.624. The molecule has 0 aliphatic carbocycles. The highest BCUT2D eigenvalue weighted by Crippen LogP contribution is 2.27. The Balaban J connectivity index is 1.27. The van der Waals surface area contributed by atoms with Crippen molar-refractivity contribution < 1.29 is 9.53 Å². The molecule has 2 aromatic heterocycles. The number of carbonyl (C=O) groups excluding carboxylic acids is 1. The Morgan fingerprint density at radius 1 is 1.30 bits per heavy atom. The van der Waals surface area contributed by atoms with Gasteiger partial charge in [0, 0.05) is 30.5 Å². The second kappa shape index (κ2) is 8.87. The van der Waals surface area contributed by atoms with Crippen molar-refractivity contribution in [3.8, 4) is 5.75 Å². The number of ether oxygens (including phenoxy) is 1. The van der Waals surface area contributed by atoms with Crippen molar-refractivity contribution >= 4 is 17.5 Å². The number of aromatic amines is 1. The first-order valence-electron chi connectivity index (χ1n) is 10.1. The molecule has 3 aromatic rings. The molecule has 0 unspecified atom stereocenters. The van der Waals surface area contributed by atoms with Crippen molar-refractivity contribution in [3.05, 3.63) is 58.4 Å². The van der Waals surface area contributed by atoms with Crippen LogP contribution in [0.4, 0.5) is 0 Å². The van der Waals surface area contributed by atoms with Crippen LogP contribution in [0.15, 0.2) is 30.3 Å². The number of hydrogen-bond donors (Lipinski definition) is 1. The minimum absolute atomic E-state index is 0.145. The average molecular weight is 429 g/mol. The van der Waals surface area contributed by atoms with Gasteiger partial charge in [0.05, 0.1) is 17.9 Å². The maximum atomic E-state index is 12.6. The van der Waals surface area contributed by atoms with Crippen LogP contribution in [0.5, 0.6) is 5.75 Å². The van der Waals surface area contributed by atoms with Crippen LogP contribution in [-0.4, -0.2) is 48.9 Å². The van der Waals surface area contributed by atoms with E-state index in [1.165, 1.54) is 0 Å². The van der Waals surface area contributed by atoms with Crippen LogP contribution < -0.4 is 4.74 Å². The van der Waals surface area contributed by atoms with E-state index < -0.39 is 0 Å². The highest BCUT2D eigenvalue weighted by atomic mass is 35.5. The zero-order valence-electron chi connectivity index (χ0n) is 17.1. The standard InChI is InChI=1S/C21H25ClN6O2/c1-14-23-15(2)28(26-14)10-8-21(29)27-9-7-16(12-27)20-11-18(24-25-20)13-30-19-5-3-17(22)4-6-19/h3-6,11,16H,7-10,12-13H2,1-2H3,(H,24,25)/t16-/m1/s1. The predicted molar refractivity (Wildman–Crippen MR) is 112 cm³/mol. The van der Waals surface area contributed by atoms with Crippen molar-refractivity contribution in [3.63, 3.8) is 0 Å². The van der Waals surface area contributed by atoms with E-state index in [9.17, 15) is 4.79 Å². The Hall–Kier alpha value is -2.87. The van der Waals surface area contributed by atoms with Gasteiger partial charge in [0.15, 0.2) is 0 Å². The smallest absolute Gasteiger partial charge is 0.224 e. The lowest BCUT2D eigenvalue weighted by atomic mass is 10.1. The molecule has 30 heavy (non-hydrogen) atoms. The zero-order valence-corrected chi connectivity index (χ0v) is 17.9. The third-order valence-electron chi connectivity index (χ3n) is 5.32. The Labute approximate surface area is 180 Å². The van der Waals surface area contributed by atoms with Gasteiger partial charge in [0.2, 0.25) is 5.91 Å². The second-order valence-electron chi connectivity index (χ2n) is 7.57. The zero-order chi connectivity index (χ0) is 21.1. The van der Waals surface area contributed by atoms with Gasteiger partial charge in [0.1, 0.15) is 24.0 Å². The molecule has 0 spiro atoms. The van der Waals surface area contributed by atoms with E-state index in [2.05, 4.69) is 20.3 Å². The number of benzene rings is 1. The van der Waals surface area contributed by atoms with Crippen molar-refractivity contribution in [2.45, 2.75) is 45.8 Å². The lowest BCUT2D eigenvalue weighted by Crippen LogP contribution is -2.29. The largest absolute Gasteiger partial charge is 0.487 e. The van der Waals surface area contributed by atoms with Crippen molar-refractivity contribution in [2.75, 3.05) is 13.1 Å². The SMILES string of the molecule is Cc1nc(C)n(CCC(=O)N2CC[C@@H](c3cc(COc4ccc(Cl)cc4)[nH]n3)C2)n1. The van der Waals surface area contributed by atoms with Gasteiger partial charge in [0.25, 0.3) is 0 Å². The summed E-state index contributed by atoms with van der Waals surface area (Å²) in [5, 5.41) is 12.5. The molecule has 1 aliphatic rings. The van der Waals surface area contributed by atoms with Gasteiger partial charge >= 0.3 is 0 Å². The molecule has 0 radical (unpaired) electrons. The molecule has 1 fully saturated rings. The minimum Gasteiger partial charge on any atom is -0.487 e. The number of carbonyl (C=O) groups is 1. The van der Waals surface area contributed by atoms with Gasteiger partial charge in [-0.3, -0.25) is 9.89 Å². The molecule has 1 atom stereocenters. The van der Waals surface area contributed by atoms with Crippen molar-refractivity contribution in [1.82, 2.24) is 29.9 Å². The van der Waals surface area contributed by atoms with Crippen molar-refractivity contribution in [1.29, 1.82) is 0 Å². The minimum atomic E-state index is 0.145. The molecule has 8 nitrogen and oxygen atoms in total. The van der Waals surface area contributed by atoms with Gasteiger partial charge in [-0.1, -0.05) is 11.6 Å². The van der Waals surface area contributed by atoms with E-state index in [4.69, 9.17) is 16.3 Å². The Morgan fingerprint density at radius 3 is 2.83 bits per heavy atom. The summed E-state index contributed by atoms with van der Waals surface area (Å²) in [6, 6.07) is 9.29. The fourth-order valence-electron chi connectivity index (χ4n) is 3.72. The molecule has 3 heterocycles. The molecular formula is C21H25ClN6O2. The van der Waals surface area contributed by atoms with Crippen LogP contribution in [-0.2, 0) is 17.9 Å². The third-order valence-corrected chi connectivity index (χ3v) is 5.57. The summed E-state index contributed by atoms with van der Waals surface area (Å²) in [6.07, 6.45) is 1.34. The second-order valence-corrected chi connectivity index (χ2v) is 8.00. The monoisotopic (exact) mass is 428 g/mol. The lowest BCUT2D eigenvalue weighted by Gasteiger charge is -2.16.